The summed E-state index contributed by atoms with van der Waals surface area (Å²) in [7, 11) is 0. The number of pyridine rings is 1. The number of nitriles is 1. The SMILES string of the molecule is CCOC(=O)C1=C(N)N(c2cc(N)c(C#N)c(SC)n2)C(=O)C1. The number of anilines is 2. The standard InChI is InChI=1S/C14H15N5O3S/c1-3-22-14(21)7-4-11(20)19(12(7)17)10-5-9(16)8(6-15)13(18-10)23-2/h5H,3-4,17H2,1-2H3,(H2,16,18). The van der Waals surface area contributed by atoms with E-state index in [0.717, 1.165) is 4.90 Å². The summed E-state index contributed by atoms with van der Waals surface area (Å²) in [5.41, 5.74) is 12.3. The highest BCUT2D eigenvalue weighted by Crippen LogP contribution is 2.32. The van der Waals surface area contributed by atoms with E-state index in [1.165, 1.54) is 17.8 Å². The zero-order valence-corrected chi connectivity index (χ0v) is 13.4. The predicted molar refractivity (Wildman–Crippen MR) is 85.1 cm³/mol. The molecular weight excluding hydrogens is 318 g/mol. The number of nitrogen functional groups attached to an aromatic ring is 1. The molecule has 1 aliphatic rings. The summed E-state index contributed by atoms with van der Waals surface area (Å²) in [6.45, 7) is 1.85. The summed E-state index contributed by atoms with van der Waals surface area (Å²) < 4.78 is 4.89. The van der Waals surface area contributed by atoms with Crippen LogP contribution in [0.1, 0.15) is 18.9 Å². The number of hydrogen-bond acceptors (Lipinski definition) is 8. The Kier molecular flexibility index (Phi) is 4.76. The monoisotopic (exact) mass is 333 g/mol. The van der Waals surface area contributed by atoms with E-state index in [9.17, 15) is 9.59 Å². The van der Waals surface area contributed by atoms with Gasteiger partial charge >= 0.3 is 5.97 Å². The quantitative estimate of drug-likeness (QED) is 0.608. The number of ether oxygens (including phenoxy) is 1. The number of carbonyl (C=O) groups is 2. The van der Waals surface area contributed by atoms with Gasteiger partial charge in [-0.25, -0.2) is 14.7 Å². The lowest BCUT2D eigenvalue weighted by Gasteiger charge is -2.18. The van der Waals surface area contributed by atoms with Gasteiger partial charge in [0.25, 0.3) is 0 Å². The molecule has 2 heterocycles. The van der Waals surface area contributed by atoms with Crippen molar-refractivity contribution in [3.8, 4) is 6.07 Å². The summed E-state index contributed by atoms with van der Waals surface area (Å²) in [5.74, 6) is -0.897. The number of carbonyl (C=O) groups excluding carboxylic acids is 2. The number of rotatable bonds is 4. The van der Waals surface area contributed by atoms with Gasteiger partial charge in [0.05, 0.1) is 24.3 Å². The molecule has 0 bridgehead atoms. The van der Waals surface area contributed by atoms with E-state index in [1.807, 2.05) is 6.07 Å². The van der Waals surface area contributed by atoms with Crippen LogP contribution in [-0.4, -0.2) is 29.7 Å². The van der Waals surface area contributed by atoms with E-state index in [-0.39, 0.29) is 41.5 Å². The predicted octanol–water partition coefficient (Wildman–Crippen LogP) is 0.727. The fraction of sp³-hybridized carbons (Fsp3) is 0.286. The summed E-state index contributed by atoms with van der Waals surface area (Å²) in [6, 6.07) is 3.36. The van der Waals surface area contributed by atoms with Crippen molar-refractivity contribution >= 4 is 35.1 Å². The topological polar surface area (TPSA) is 135 Å². The molecule has 0 saturated carbocycles. The van der Waals surface area contributed by atoms with Crippen LogP contribution in [0.4, 0.5) is 11.5 Å². The molecule has 0 fully saturated rings. The van der Waals surface area contributed by atoms with Crippen molar-refractivity contribution in [2.45, 2.75) is 18.4 Å². The van der Waals surface area contributed by atoms with Crippen molar-refractivity contribution < 1.29 is 14.3 Å². The van der Waals surface area contributed by atoms with Gasteiger partial charge in [-0.2, -0.15) is 5.26 Å². The number of thioether (sulfide) groups is 1. The fourth-order valence-electron chi connectivity index (χ4n) is 2.14. The number of nitrogens with two attached hydrogens (primary N) is 2. The summed E-state index contributed by atoms with van der Waals surface area (Å²) in [5, 5.41) is 9.49. The first-order valence-corrected chi connectivity index (χ1v) is 7.90. The number of nitrogens with zero attached hydrogens (tertiary/aromatic N) is 3. The van der Waals surface area contributed by atoms with Crippen molar-refractivity contribution in [2.24, 2.45) is 5.73 Å². The Labute approximate surface area is 137 Å². The maximum atomic E-state index is 12.2. The molecule has 0 saturated heterocycles. The third-order valence-corrected chi connectivity index (χ3v) is 3.87. The van der Waals surface area contributed by atoms with E-state index in [4.69, 9.17) is 21.5 Å². The van der Waals surface area contributed by atoms with Gasteiger partial charge in [-0.1, -0.05) is 0 Å². The van der Waals surface area contributed by atoms with Gasteiger partial charge in [0.2, 0.25) is 5.91 Å². The lowest BCUT2D eigenvalue weighted by Crippen LogP contribution is -2.30. The Hall–Kier alpha value is -2.73. The first kappa shape index (κ1) is 16.6. The van der Waals surface area contributed by atoms with Gasteiger partial charge in [0.15, 0.2) is 0 Å². The molecule has 0 unspecified atom stereocenters. The molecule has 8 nitrogen and oxygen atoms in total. The van der Waals surface area contributed by atoms with Gasteiger partial charge in [-0.15, -0.1) is 11.8 Å². The summed E-state index contributed by atoms with van der Waals surface area (Å²) in [6.07, 6.45) is 1.57. The van der Waals surface area contributed by atoms with Crippen molar-refractivity contribution in [1.29, 1.82) is 5.26 Å². The van der Waals surface area contributed by atoms with Crippen LogP contribution in [0.5, 0.6) is 0 Å². The molecule has 120 valence electrons. The Balaban J connectivity index is 2.50. The van der Waals surface area contributed by atoms with Crippen LogP contribution in [0.15, 0.2) is 22.5 Å². The molecule has 0 aromatic carbocycles. The van der Waals surface area contributed by atoms with Crippen LogP contribution in [0.3, 0.4) is 0 Å². The van der Waals surface area contributed by atoms with Gasteiger partial charge in [0, 0.05) is 6.07 Å². The molecule has 1 amide bonds. The highest BCUT2D eigenvalue weighted by molar-refractivity contribution is 7.98. The highest BCUT2D eigenvalue weighted by Gasteiger charge is 2.35. The highest BCUT2D eigenvalue weighted by atomic mass is 32.2. The van der Waals surface area contributed by atoms with Gasteiger partial charge in [0.1, 0.15) is 28.3 Å². The number of amides is 1. The van der Waals surface area contributed by atoms with Crippen LogP contribution in [0.2, 0.25) is 0 Å². The zero-order valence-electron chi connectivity index (χ0n) is 12.6. The number of esters is 1. The molecule has 1 aliphatic heterocycles. The molecule has 0 aliphatic carbocycles. The van der Waals surface area contributed by atoms with E-state index in [0.29, 0.717) is 5.03 Å². The van der Waals surface area contributed by atoms with Crippen molar-refractivity contribution in [2.75, 3.05) is 23.5 Å². The lowest BCUT2D eigenvalue weighted by atomic mass is 10.2. The van der Waals surface area contributed by atoms with Crippen molar-refractivity contribution in [3.63, 3.8) is 0 Å². The molecule has 0 spiro atoms. The van der Waals surface area contributed by atoms with E-state index in [2.05, 4.69) is 4.98 Å². The van der Waals surface area contributed by atoms with Gasteiger partial charge in [-0.05, 0) is 13.2 Å². The average Bonchev–Trinajstić information content (AvgIpc) is 2.81. The maximum absolute atomic E-state index is 12.2. The Morgan fingerprint density at radius 2 is 2.26 bits per heavy atom. The maximum Gasteiger partial charge on any atom is 0.338 e. The summed E-state index contributed by atoms with van der Waals surface area (Å²) >= 11 is 1.22. The van der Waals surface area contributed by atoms with Crippen LogP contribution < -0.4 is 16.4 Å². The molecule has 9 heteroatoms. The van der Waals surface area contributed by atoms with Crippen LogP contribution in [0.25, 0.3) is 0 Å². The molecule has 1 aromatic rings. The molecule has 23 heavy (non-hydrogen) atoms. The summed E-state index contributed by atoms with van der Waals surface area (Å²) in [4.78, 5) is 29.4. The first-order chi connectivity index (χ1) is 10.9. The second-order valence-corrected chi connectivity index (χ2v) is 5.35. The van der Waals surface area contributed by atoms with E-state index >= 15 is 0 Å². The number of hydrogen-bond donors (Lipinski definition) is 2. The lowest BCUT2D eigenvalue weighted by molar-refractivity contribution is -0.139. The fourth-order valence-corrected chi connectivity index (χ4v) is 2.69. The minimum atomic E-state index is -0.632. The molecule has 0 atom stereocenters. The average molecular weight is 333 g/mol. The minimum absolute atomic E-state index is 0.0305. The van der Waals surface area contributed by atoms with Gasteiger partial charge in [-0.3, -0.25) is 4.79 Å². The zero-order chi connectivity index (χ0) is 17.1. The van der Waals surface area contributed by atoms with E-state index in [1.54, 1.807) is 13.2 Å². The Morgan fingerprint density at radius 1 is 1.57 bits per heavy atom. The second kappa shape index (κ2) is 6.58. The molecule has 4 N–H and O–H groups in total. The molecule has 1 aromatic heterocycles. The molecule has 0 radical (unpaired) electrons. The van der Waals surface area contributed by atoms with Crippen molar-refractivity contribution in [3.05, 3.63) is 23.0 Å². The first-order valence-electron chi connectivity index (χ1n) is 6.67. The van der Waals surface area contributed by atoms with Crippen LogP contribution in [0, 0.1) is 11.3 Å². The molecular formula is C14H15N5O3S. The normalized spacial score (nSPS) is 14.1. The van der Waals surface area contributed by atoms with E-state index < -0.39 is 11.9 Å². The second-order valence-electron chi connectivity index (χ2n) is 4.56. The molecule has 2 rings (SSSR count). The van der Waals surface area contributed by atoms with Crippen LogP contribution in [-0.2, 0) is 14.3 Å². The minimum Gasteiger partial charge on any atom is -0.463 e. The third-order valence-electron chi connectivity index (χ3n) is 3.19. The smallest absolute Gasteiger partial charge is 0.338 e. The Bertz CT molecular complexity index is 754. The van der Waals surface area contributed by atoms with Gasteiger partial charge < -0.3 is 16.2 Å². The van der Waals surface area contributed by atoms with Crippen molar-refractivity contribution in [1.82, 2.24) is 4.98 Å². The number of aromatic nitrogens is 1. The van der Waals surface area contributed by atoms with Crippen LogP contribution >= 0.6 is 11.8 Å². The largest absolute Gasteiger partial charge is 0.463 e. The Morgan fingerprint density at radius 3 is 2.83 bits per heavy atom. The third kappa shape index (κ3) is 2.93.